The van der Waals surface area contributed by atoms with Gasteiger partial charge in [0.15, 0.2) is 0 Å². The minimum atomic E-state index is -4.78. The summed E-state index contributed by atoms with van der Waals surface area (Å²) in [4.78, 5) is 10.5. The van der Waals surface area contributed by atoms with E-state index in [1.54, 1.807) is 24.3 Å². The molecule has 0 aromatic heterocycles. The first-order chi connectivity index (χ1) is 10.7. The van der Waals surface area contributed by atoms with E-state index in [2.05, 4.69) is 4.74 Å². The van der Waals surface area contributed by atoms with E-state index >= 15 is 0 Å². The molecule has 0 bridgehead atoms. The molecule has 0 spiro atoms. The molecule has 0 amide bonds. The summed E-state index contributed by atoms with van der Waals surface area (Å²) in [6, 6.07) is 10.1. The molecule has 0 heterocycles. The topological polar surface area (TPSA) is 46.5 Å². The van der Waals surface area contributed by atoms with Crippen LogP contribution in [0.2, 0.25) is 5.02 Å². The summed E-state index contributed by atoms with van der Waals surface area (Å²) in [5.74, 6) is -1.47. The van der Waals surface area contributed by atoms with Crippen molar-refractivity contribution in [1.29, 1.82) is 0 Å². The summed E-state index contributed by atoms with van der Waals surface area (Å²) in [5.41, 5.74) is 1.51. The molecule has 0 aliphatic heterocycles. The van der Waals surface area contributed by atoms with Crippen molar-refractivity contribution in [3.8, 4) is 16.9 Å². The average Bonchev–Trinajstić information content (AvgIpc) is 2.43. The summed E-state index contributed by atoms with van der Waals surface area (Å²) < 4.78 is 40.7. The van der Waals surface area contributed by atoms with Crippen LogP contribution in [-0.4, -0.2) is 17.4 Å². The number of carbonyl (C=O) groups is 1. The Bertz CT molecular complexity index is 754. The van der Waals surface area contributed by atoms with Crippen LogP contribution in [0.5, 0.6) is 5.75 Å². The predicted octanol–water partition coefficient (Wildman–Crippen LogP) is 5.00. The highest BCUT2D eigenvalue weighted by Gasteiger charge is 2.31. The van der Waals surface area contributed by atoms with E-state index in [1.807, 2.05) is 0 Å². The van der Waals surface area contributed by atoms with Gasteiger partial charge in [0.05, 0.1) is 0 Å². The Kier molecular flexibility index (Phi) is 4.95. The lowest BCUT2D eigenvalue weighted by molar-refractivity contribution is -0.274. The number of hydrogen-bond donors (Lipinski definition) is 1. The van der Waals surface area contributed by atoms with Gasteiger partial charge in [0, 0.05) is 11.1 Å². The molecular formula is C16H10ClF3O3. The maximum atomic E-state index is 12.3. The van der Waals surface area contributed by atoms with Gasteiger partial charge in [-0.3, -0.25) is 0 Å². The molecular weight excluding hydrogens is 333 g/mol. The first-order valence-electron chi connectivity index (χ1n) is 6.31. The van der Waals surface area contributed by atoms with E-state index in [1.165, 1.54) is 24.3 Å². The molecule has 7 heteroatoms. The number of alkyl halides is 3. The van der Waals surface area contributed by atoms with Crippen molar-refractivity contribution in [2.24, 2.45) is 0 Å². The normalized spacial score (nSPS) is 11.7. The van der Waals surface area contributed by atoms with Crippen LogP contribution < -0.4 is 4.74 Å². The quantitative estimate of drug-likeness (QED) is 0.795. The molecule has 23 heavy (non-hydrogen) atoms. The Morgan fingerprint density at radius 2 is 1.87 bits per heavy atom. The monoisotopic (exact) mass is 342 g/mol. The molecule has 0 fully saturated rings. The van der Waals surface area contributed by atoms with E-state index in [-0.39, 0.29) is 5.75 Å². The summed E-state index contributed by atoms with van der Waals surface area (Å²) in [5, 5.41) is 8.96. The lowest BCUT2D eigenvalue weighted by Gasteiger charge is -2.10. The molecule has 2 aromatic rings. The summed E-state index contributed by atoms with van der Waals surface area (Å²) in [6.07, 6.45) is -2.49. The average molecular weight is 343 g/mol. The molecule has 0 radical (unpaired) electrons. The van der Waals surface area contributed by atoms with Crippen LogP contribution in [0.3, 0.4) is 0 Å². The summed E-state index contributed by atoms with van der Waals surface area (Å²) in [6.45, 7) is 0. The van der Waals surface area contributed by atoms with Gasteiger partial charge in [-0.2, -0.15) is 0 Å². The molecule has 0 saturated carbocycles. The van der Waals surface area contributed by atoms with Gasteiger partial charge in [-0.15, -0.1) is 13.2 Å². The van der Waals surface area contributed by atoms with Crippen LogP contribution in [-0.2, 0) is 4.79 Å². The second kappa shape index (κ2) is 6.75. The van der Waals surface area contributed by atoms with Gasteiger partial charge in [0.1, 0.15) is 5.75 Å². The summed E-state index contributed by atoms with van der Waals surface area (Å²) >= 11 is 5.97. The van der Waals surface area contributed by atoms with Crippen LogP contribution in [0.25, 0.3) is 17.2 Å². The van der Waals surface area contributed by atoms with Crippen molar-refractivity contribution in [3.63, 3.8) is 0 Å². The van der Waals surface area contributed by atoms with Crippen molar-refractivity contribution in [2.75, 3.05) is 0 Å². The molecule has 0 atom stereocenters. The predicted molar refractivity (Wildman–Crippen MR) is 80.2 cm³/mol. The van der Waals surface area contributed by atoms with Crippen LogP contribution in [0.1, 0.15) is 5.56 Å². The first kappa shape index (κ1) is 16.9. The van der Waals surface area contributed by atoms with Crippen molar-refractivity contribution < 1.29 is 27.8 Å². The minimum Gasteiger partial charge on any atom is -0.478 e. The number of carboxylic acids is 1. The molecule has 0 saturated heterocycles. The van der Waals surface area contributed by atoms with E-state index in [0.29, 0.717) is 21.7 Å². The van der Waals surface area contributed by atoms with Gasteiger partial charge in [-0.1, -0.05) is 23.7 Å². The van der Waals surface area contributed by atoms with E-state index in [4.69, 9.17) is 16.7 Å². The Balaban J connectivity index is 2.38. The van der Waals surface area contributed by atoms with E-state index < -0.39 is 12.3 Å². The van der Waals surface area contributed by atoms with Gasteiger partial charge in [-0.05, 0) is 53.1 Å². The number of hydrogen-bond acceptors (Lipinski definition) is 2. The van der Waals surface area contributed by atoms with Crippen LogP contribution in [0.4, 0.5) is 13.2 Å². The first-order valence-corrected chi connectivity index (χ1v) is 6.68. The maximum absolute atomic E-state index is 12.3. The standard InChI is InChI=1S/C16H10ClF3O3/c17-13-7-10(4-5-15(21)22)6-12(8-13)11-2-1-3-14(9-11)23-16(18,19)20/h1-9H,(H,21,22)/b5-4+. The molecule has 0 aliphatic carbocycles. The third-order valence-electron chi connectivity index (χ3n) is 2.74. The number of carboxylic acid groups (broad SMARTS) is 1. The lowest BCUT2D eigenvalue weighted by atomic mass is 10.0. The highest BCUT2D eigenvalue weighted by atomic mass is 35.5. The number of ether oxygens (including phenoxy) is 1. The largest absolute Gasteiger partial charge is 0.573 e. The van der Waals surface area contributed by atoms with Gasteiger partial charge < -0.3 is 9.84 Å². The van der Waals surface area contributed by atoms with Gasteiger partial charge in [0.2, 0.25) is 0 Å². The Morgan fingerprint density at radius 1 is 1.13 bits per heavy atom. The van der Waals surface area contributed by atoms with E-state index in [9.17, 15) is 18.0 Å². The zero-order valence-electron chi connectivity index (χ0n) is 11.5. The SMILES string of the molecule is O=C(O)/C=C/c1cc(Cl)cc(-c2cccc(OC(F)(F)F)c2)c1. The fourth-order valence-corrected chi connectivity index (χ4v) is 2.16. The van der Waals surface area contributed by atoms with Gasteiger partial charge in [0.25, 0.3) is 0 Å². The van der Waals surface area contributed by atoms with Crippen LogP contribution in [0, 0.1) is 0 Å². The molecule has 0 aliphatic rings. The third kappa shape index (κ3) is 5.34. The molecule has 2 aromatic carbocycles. The van der Waals surface area contributed by atoms with Crippen molar-refractivity contribution in [2.45, 2.75) is 6.36 Å². The fraction of sp³-hybridized carbons (Fsp3) is 0.0625. The van der Waals surface area contributed by atoms with Crippen LogP contribution in [0.15, 0.2) is 48.5 Å². The van der Waals surface area contributed by atoms with Gasteiger partial charge >= 0.3 is 12.3 Å². The smallest absolute Gasteiger partial charge is 0.478 e. The highest BCUT2D eigenvalue weighted by Crippen LogP contribution is 2.30. The summed E-state index contributed by atoms with van der Waals surface area (Å²) in [7, 11) is 0. The van der Waals surface area contributed by atoms with Crippen molar-refractivity contribution >= 4 is 23.6 Å². The zero-order chi connectivity index (χ0) is 17.0. The van der Waals surface area contributed by atoms with E-state index in [0.717, 1.165) is 6.08 Å². The number of halogens is 4. The Labute approximate surface area is 134 Å². The van der Waals surface area contributed by atoms with Crippen LogP contribution >= 0.6 is 11.6 Å². The molecule has 1 N–H and O–H groups in total. The third-order valence-corrected chi connectivity index (χ3v) is 2.96. The maximum Gasteiger partial charge on any atom is 0.573 e. The second-order valence-electron chi connectivity index (χ2n) is 4.52. The van der Waals surface area contributed by atoms with Crippen molar-refractivity contribution in [3.05, 3.63) is 59.1 Å². The number of aliphatic carboxylic acids is 1. The second-order valence-corrected chi connectivity index (χ2v) is 4.96. The fourth-order valence-electron chi connectivity index (χ4n) is 1.92. The number of rotatable bonds is 4. The molecule has 120 valence electrons. The Morgan fingerprint density at radius 3 is 2.52 bits per heavy atom. The van der Waals surface area contributed by atoms with Crippen molar-refractivity contribution in [1.82, 2.24) is 0 Å². The highest BCUT2D eigenvalue weighted by molar-refractivity contribution is 6.31. The Hall–Kier alpha value is -2.47. The molecule has 3 nitrogen and oxygen atoms in total. The number of benzene rings is 2. The van der Waals surface area contributed by atoms with Gasteiger partial charge in [-0.25, -0.2) is 4.79 Å². The zero-order valence-corrected chi connectivity index (χ0v) is 12.2. The lowest BCUT2D eigenvalue weighted by Crippen LogP contribution is -2.17. The molecule has 2 rings (SSSR count). The minimum absolute atomic E-state index is 0.328. The molecule has 0 unspecified atom stereocenters.